The number of hydrogen-bond acceptors (Lipinski definition) is 7. The molecule has 0 fully saturated rings. The van der Waals surface area contributed by atoms with Crippen LogP contribution in [-0.4, -0.2) is 42.4 Å². The number of esters is 2. The van der Waals surface area contributed by atoms with Crippen molar-refractivity contribution in [3.8, 4) is 17.0 Å². The zero-order valence-corrected chi connectivity index (χ0v) is 24.7. The van der Waals surface area contributed by atoms with Crippen LogP contribution in [-0.2, 0) is 27.2 Å². The van der Waals surface area contributed by atoms with Crippen molar-refractivity contribution in [3.63, 3.8) is 0 Å². The Hall–Kier alpha value is -3.91. The summed E-state index contributed by atoms with van der Waals surface area (Å²) in [6.45, 7) is 10.5. The lowest BCUT2D eigenvalue weighted by Gasteiger charge is -2.34. The second-order valence-corrected chi connectivity index (χ2v) is 11.6. The second-order valence-electron chi connectivity index (χ2n) is 11.6. The Morgan fingerprint density at radius 1 is 1.00 bits per heavy atom. The predicted molar refractivity (Wildman–Crippen MR) is 156 cm³/mol. The number of rotatable bonds is 10. The fourth-order valence-electron chi connectivity index (χ4n) is 4.90. The average molecular weight is 562 g/mol. The third-order valence-corrected chi connectivity index (χ3v) is 6.92. The maximum absolute atomic E-state index is 13.4. The van der Waals surface area contributed by atoms with Gasteiger partial charge >= 0.3 is 11.9 Å². The number of carbonyl (C=O) groups excluding carboxylic acids is 2. The molecule has 1 aliphatic rings. The van der Waals surface area contributed by atoms with Gasteiger partial charge in [-0.25, -0.2) is 9.59 Å². The van der Waals surface area contributed by atoms with Gasteiger partial charge in [0.2, 0.25) is 0 Å². The first kappa shape index (κ1) is 30.1. The highest BCUT2D eigenvalue weighted by atomic mass is 16.6. The molecule has 0 saturated carbocycles. The molecule has 0 spiro atoms. The molecule has 1 atom stereocenters. The average Bonchev–Trinajstić information content (AvgIpc) is 2.92. The van der Waals surface area contributed by atoms with Crippen molar-refractivity contribution in [2.24, 2.45) is 5.92 Å². The minimum atomic E-state index is -0.733. The molecule has 1 aromatic heterocycles. The van der Waals surface area contributed by atoms with E-state index in [2.05, 4.69) is 13.8 Å². The van der Waals surface area contributed by atoms with Crippen LogP contribution in [0.3, 0.4) is 0 Å². The Labute approximate surface area is 241 Å². The fourth-order valence-corrected chi connectivity index (χ4v) is 4.90. The summed E-state index contributed by atoms with van der Waals surface area (Å²) in [6, 6.07) is 14.5. The highest BCUT2D eigenvalue weighted by Crippen LogP contribution is 2.40. The van der Waals surface area contributed by atoms with E-state index in [1.54, 1.807) is 40.1 Å². The third kappa shape index (κ3) is 7.24. The van der Waals surface area contributed by atoms with Crippen molar-refractivity contribution in [2.45, 2.75) is 65.7 Å². The molecular formula is C33H39NO7. The highest BCUT2D eigenvalue weighted by molar-refractivity contribution is 5.95. The lowest BCUT2D eigenvalue weighted by molar-refractivity contribution is 0.00665. The molecule has 2 aromatic carbocycles. The summed E-state index contributed by atoms with van der Waals surface area (Å²) in [4.78, 5) is 39.5. The van der Waals surface area contributed by atoms with Crippen molar-refractivity contribution in [3.05, 3.63) is 87.2 Å². The van der Waals surface area contributed by atoms with Crippen LogP contribution in [0.1, 0.15) is 78.9 Å². The first-order chi connectivity index (χ1) is 19.5. The molecule has 4 rings (SSSR count). The van der Waals surface area contributed by atoms with Gasteiger partial charge in [-0.3, -0.25) is 4.79 Å². The predicted octanol–water partition coefficient (Wildman–Crippen LogP) is 6.00. The maximum Gasteiger partial charge on any atom is 0.344 e. The molecule has 8 heteroatoms. The van der Waals surface area contributed by atoms with E-state index in [0.717, 1.165) is 16.7 Å². The molecule has 0 radical (unpaired) electrons. The van der Waals surface area contributed by atoms with Crippen LogP contribution in [0.15, 0.2) is 59.5 Å². The Balaban J connectivity index is 1.78. The van der Waals surface area contributed by atoms with E-state index in [1.165, 1.54) is 6.07 Å². The van der Waals surface area contributed by atoms with E-state index >= 15 is 0 Å². The largest absolute Gasteiger partial charge is 0.493 e. The molecule has 1 unspecified atom stereocenters. The van der Waals surface area contributed by atoms with E-state index in [9.17, 15) is 14.4 Å². The first-order valence-electron chi connectivity index (χ1n) is 14.0. The number of pyridine rings is 1. The summed E-state index contributed by atoms with van der Waals surface area (Å²) in [6.07, 6.45) is 2.89. The number of methoxy groups -OCH3 is 1. The summed E-state index contributed by atoms with van der Waals surface area (Å²) < 4.78 is 24.4. The Morgan fingerprint density at radius 2 is 1.73 bits per heavy atom. The van der Waals surface area contributed by atoms with E-state index in [-0.39, 0.29) is 29.7 Å². The van der Waals surface area contributed by atoms with Crippen molar-refractivity contribution < 1.29 is 28.5 Å². The molecule has 0 N–H and O–H groups in total. The molecular weight excluding hydrogens is 522 g/mol. The van der Waals surface area contributed by atoms with Gasteiger partial charge in [-0.15, -0.1) is 0 Å². The van der Waals surface area contributed by atoms with Gasteiger partial charge in [0.05, 0.1) is 12.3 Å². The number of nitrogens with zero attached hydrogens (tertiary/aromatic N) is 1. The van der Waals surface area contributed by atoms with Crippen LogP contribution < -0.4 is 10.2 Å². The molecule has 41 heavy (non-hydrogen) atoms. The van der Waals surface area contributed by atoms with Crippen molar-refractivity contribution >= 4 is 11.9 Å². The first-order valence-corrected chi connectivity index (χ1v) is 14.0. The van der Waals surface area contributed by atoms with Crippen molar-refractivity contribution in [2.75, 3.05) is 20.3 Å². The number of hydrogen-bond donors (Lipinski definition) is 0. The van der Waals surface area contributed by atoms with Gasteiger partial charge in [-0.2, -0.15) is 0 Å². The van der Waals surface area contributed by atoms with Gasteiger partial charge in [-0.1, -0.05) is 44.2 Å². The standard InChI is InChI=1S/C33H39NO7/c1-21(2)27-15-23-16-30(39-14-10-13-38-6)25(31(36)40-20-22-11-8-7-9-12-22)17-24(23)28-18-29(35)26(19-34(27)28)32(37)41-33(3,4)5/h7-9,11-12,16-19,21,27H,10,13-15,20H2,1-6H3. The SMILES string of the molecule is COCCCOc1cc2c(cc1C(=O)OCc1ccccc1)-c1cc(=O)c(C(=O)OC(C)(C)C)cn1C(C(C)C)C2. The van der Waals surface area contributed by atoms with E-state index in [1.807, 2.05) is 41.0 Å². The third-order valence-electron chi connectivity index (χ3n) is 6.92. The van der Waals surface area contributed by atoms with Crippen LogP contribution >= 0.6 is 0 Å². The van der Waals surface area contributed by atoms with Gasteiger partial charge < -0.3 is 23.5 Å². The van der Waals surface area contributed by atoms with Crippen LogP contribution in [0.25, 0.3) is 11.3 Å². The number of aromatic nitrogens is 1. The molecule has 0 amide bonds. The Morgan fingerprint density at radius 3 is 2.39 bits per heavy atom. The minimum Gasteiger partial charge on any atom is -0.493 e. The molecule has 3 aromatic rings. The molecule has 8 nitrogen and oxygen atoms in total. The summed E-state index contributed by atoms with van der Waals surface area (Å²) in [5.41, 5.74) is 2.27. The van der Waals surface area contributed by atoms with Crippen LogP contribution in [0, 0.1) is 5.92 Å². The Kier molecular flexibility index (Phi) is 9.33. The van der Waals surface area contributed by atoms with Crippen molar-refractivity contribution in [1.29, 1.82) is 0 Å². The van der Waals surface area contributed by atoms with E-state index < -0.39 is 23.0 Å². The molecule has 2 heterocycles. The minimum absolute atomic E-state index is 0.0154. The van der Waals surface area contributed by atoms with Crippen molar-refractivity contribution in [1.82, 2.24) is 4.57 Å². The number of ether oxygens (including phenoxy) is 4. The summed E-state index contributed by atoms with van der Waals surface area (Å²) in [5.74, 6) is -0.557. The molecule has 0 saturated heterocycles. The quantitative estimate of drug-likeness (QED) is 0.222. The monoisotopic (exact) mass is 561 g/mol. The van der Waals surface area contributed by atoms with Gasteiger partial charge in [0.1, 0.15) is 29.1 Å². The molecule has 1 aliphatic heterocycles. The van der Waals surface area contributed by atoms with E-state index in [4.69, 9.17) is 18.9 Å². The summed E-state index contributed by atoms with van der Waals surface area (Å²) in [5, 5.41) is 0. The van der Waals surface area contributed by atoms with Gasteiger partial charge in [0, 0.05) is 44.0 Å². The topological polar surface area (TPSA) is 93.1 Å². The second kappa shape index (κ2) is 12.7. The van der Waals surface area contributed by atoms with Crippen LogP contribution in [0.4, 0.5) is 0 Å². The zero-order valence-electron chi connectivity index (χ0n) is 24.7. The number of carbonyl (C=O) groups is 2. The van der Waals surface area contributed by atoms with Gasteiger partial charge in [-0.05, 0) is 56.4 Å². The van der Waals surface area contributed by atoms with Gasteiger partial charge in [0.15, 0.2) is 5.43 Å². The molecule has 218 valence electrons. The zero-order chi connectivity index (χ0) is 29.7. The smallest absolute Gasteiger partial charge is 0.344 e. The van der Waals surface area contributed by atoms with Crippen LogP contribution in [0.2, 0.25) is 0 Å². The normalized spacial score (nSPS) is 14.3. The maximum atomic E-state index is 13.4. The molecule has 0 aliphatic carbocycles. The summed E-state index contributed by atoms with van der Waals surface area (Å²) >= 11 is 0. The summed E-state index contributed by atoms with van der Waals surface area (Å²) in [7, 11) is 1.63. The molecule has 0 bridgehead atoms. The van der Waals surface area contributed by atoms with Gasteiger partial charge in [0.25, 0.3) is 0 Å². The lowest BCUT2D eigenvalue weighted by Crippen LogP contribution is -2.31. The number of fused-ring (bicyclic) bond motifs is 3. The number of benzene rings is 2. The van der Waals surface area contributed by atoms with E-state index in [0.29, 0.717) is 37.5 Å². The Bertz CT molecular complexity index is 1450. The fraction of sp³-hybridized carbons (Fsp3) is 0.424. The highest BCUT2D eigenvalue weighted by Gasteiger charge is 2.31. The lowest BCUT2D eigenvalue weighted by atomic mass is 9.86. The van der Waals surface area contributed by atoms with Crippen LogP contribution in [0.5, 0.6) is 5.75 Å².